The molecule has 0 spiro atoms. The number of nitrogens with zero attached hydrogens (tertiary/aromatic N) is 2. The van der Waals surface area contributed by atoms with Crippen molar-refractivity contribution in [3.8, 4) is 6.01 Å². The van der Waals surface area contributed by atoms with Crippen LogP contribution in [-0.4, -0.2) is 49.4 Å². The predicted octanol–water partition coefficient (Wildman–Crippen LogP) is -1.51. The Balaban J connectivity index is 1.77. The lowest BCUT2D eigenvalue weighted by atomic mass is 10.1. The van der Waals surface area contributed by atoms with Gasteiger partial charge in [0.05, 0.1) is 6.61 Å². The van der Waals surface area contributed by atoms with E-state index in [1.807, 2.05) is 0 Å². The predicted molar refractivity (Wildman–Crippen MR) is 60.4 cm³/mol. The van der Waals surface area contributed by atoms with Crippen molar-refractivity contribution in [3.05, 3.63) is 17.8 Å². The lowest BCUT2D eigenvalue weighted by Gasteiger charge is -2.17. The van der Waals surface area contributed by atoms with Gasteiger partial charge in [-0.25, -0.2) is 4.57 Å². The molecule has 1 aromatic heterocycles. The summed E-state index contributed by atoms with van der Waals surface area (Å²) < 4.78 is 27.3. The molecule has 0 aromatic carbocycles. The van der Waals surface area contributed by atoms with E-state index in [1.165, 1.54) is 16.8 Å². The lowest BCUT2D eigenvalue weighted by molar-refractivity contribution is -0.0426. The molecule has 2 aliphatic rings. The normalized spacial score (nSPS) is 31.8. The fourth-order valence-electron chi connectivity index (χ4n) is 2.19. The summed E-state index contributed by atoms with van der Waals surface area (Å²) in [6.07, 6.45) is -1.93. The highest BCUT2D eigenvalue weighted by Gasteiger charge is 2.51. The second-order valence-electron chi connectivity index (χ2n) is 4.43. The van der Waals surface area contributed by atoms with E-state index in [1.54, 1.807) is 0 Å². The molecule has 0 aliphatic carbocycles. The molecule has 0 amide bonds. The molecule has 2 aliphatic heterocycles. The highest BCUT2D eigenvalue weighted by Crippen LogP contribution is 2.41. The van der Waals surface area contributed by atoms with Crippen LogP contribution in [0.1, 0.15) is 6.23 Å². The number of hydrogen-bond donors (Lipinski definition) is 4. The van der Waals surface area contributed by atoms with Crippen LogP contribution in [0.5, 0.6) is 6.01 Å². The number of aliphatic hydroxyl groups excluding tert-OH is 1. The molecule has 1 fully saturated rings. The number of fused-ring (bicyclic) bond motifs is 3. The molecule has 11 heteroatoms. The van der Waals surface area contributed by atoms with Crippen molar-refractivity contribution < 1.29 is 33.5 Å². The average Bonchev–Trinajstić information content (AvgIpc) is 2.83. The minimum absolute atomic E-state index is 0.0205. The van der Waals surface area contributed by atoms with E-state index in [0.717, 1.165) is 0 Å². The Bertz CT molecular complexity index is 628. The van der Waals surface area contributed by atoms with Crippen molar-refractivity contribution in [2.45, 2.75) is 24.5 Å². The van der Waals surface area contributed by atoms with Crippen LogP contribution in [0.4, 0.5) is 0 Å². The minimum atomic E-state index is -4.62. The first kappa shape index (κ1) is 13.7. The zero-order valence-corrected chi connectivity index (χ0v) is 10.9. The molecule has 4 atom stereocenters. The van der Waals surface area contributed by atoms with E-state index in [2.05, 4.69) is 9.51 Å². The number of ether oxygens (including phenoxy) is 2. The summed E-state index contributed by atoms with van der Waals surface area (Å²) in [7, 11) is -4.62. The van der Waals surface area contributed by atoms with Gasteiger partial charge >= 0.3 is 13.8 Å². The Morgan fingerprint density at radius 1 is 1.55 bits per heavy atom. The summed E-state index contributed by atoms with van der Waals surface area (Å²) in [5.41, 5.74) is 0.0205. The molecule has 0 bridgehead atoms. The van der Waals surface area contributed by atoms with E-state index >= 15 is 0 Å². The van der Waals surface area contributed by atoms with Crippen LogP contribution in [0.15, 0.2) is 12.3 Å². The van der Waals surface area contributed by atoms with Gasteiger partial charge < -0.3 is 24.4 Å². The maximum atomic E-state index is 10.6. The van der Waals surface area contributed by atoms with E-state index in [-0.39, 0.29) is 11.5 Å². The molecular formula is C9H12N3O7P. The van der Waals surface area contributed by atoms with Crippen molar-refractivity contribution in [1.82, 2.24) is 9.55 Å². The van der Waals surface area contributed by atoms with Gasteiger partial charge in [0.1, 0.15) is 12.2 Å². The van der Waals surface area contributed by atoms with E-state index in [4.69, 9.17) is 24.7 Å². The molecule has 4 N–H and O–H groups in total. The molecule has 1 saturated heterocycles. The molecule has 3 rings (SSSR count). The topological polar surface area (TPSA) is 147 Å². The van der Waals surface area contributed by atoms with Crippen LogP contribution >= 0.6 is 7.82 Å². The van der Waals surface area contributed by atoms with Crippen LogP contribution in [0.2, 0.25) is 0 Å². The second-order valence-corrected chi connectivity index (χ2v) is 5.67. The van der Waals surface area contributed by atoms with E-state index < -0.39 is 39.0 Å². The fraction of sp³-hybridized carbons (Fsp3) is 0.556. The molecule has 4 unspecified atom stereocenters. The van der Waals surface area contributed by atoms with Gasteiger partial charge in [0.2, 0.25) is 0 Å². The molecule has 110 valence electrons. The molecular weight excluding hydrogens is 293 g/mol. The van der Waals surface area contributed by atoms with Crippen LogP contribution in [0.25, 0.3) is 0 Å². The number of nitrogens with one attached hydrogen (secondary N) is 1. The quantitative estimate of drug-likeness (QED) is 0.493. The monoisotopic (exact) mass is 305 g/mol. The summed E-state index contributed by atoms with van der Waals surface area (Å²) in [6.45, 7) is -0.457. The molecule has 10 nitrogen and oxygen atoms in total. The van der Waals surface area contributed by atoms with Crippen molar-refractivity contribution in [2.24, 2.45) is 0 Å². The molecule has 20 heavy (non-hydrogen) atoms. The number of phosphoric ester groups is 1. The third kappa shape index (κ3) is 2.37. The van der Waals surface area contributed by atoms with Crippen molar-refractivity contribution >= 4 is 7.82 Å². The summed E-state index contributed by atoms with van der Waals surface area (Å²) in [4.78, 5) is 21.1. The van der Waals surface area contributed by atoms with Gasteiger partial charge in [-0.1, -0.05) is 0 Å². The summed E-state index contributed by atoms with van der Waals surface area (Å²) in [5, 5.41) is 17.4. The summed E-state index contributed by atoms with van der Waals surface area (Å²) in [6, 6.07) is 1.59. The van der Waals surface area contributed by atoms with Crippen LogP contribution < -0.4 is 10.2 Å². The van der Waals surface area contributed by atoms with Gasteiger partial charge in [-0.2, -0.15) is 4.98 Å². The first-order chi connectivity index (χ1) is 9.35. The Morgan fingerprint density at radius 2 is 2.30 bits per heavy atom. The number of rotatable bonds is 3. The maximum absolute atomic E-state index is 10.6. The van der Waals surface area contributed by atoms with Crippen LogP contribution in [0, 0.1) is 5.41 Å². The Labute approximate surface area is 112 Å². The zero-order valence-electron chi connectivity index (χ0n) is 9.99. The third-order valence-corrected chi connectivity index (χ3v) is 3.55. The average molecular weight is 305 g/mol. The fourth-order valence-corrected chi connectivity index (χ4v) is 2.53. The van der Waals surface area contributed by atoms with Crippen molar-refractivity contribution in [3.63, 3.8) is 0 Å². The highest BCUT2D eigenvalue weighted by molar-refractivity contribution is 7.46. The number of aliphatic hydroxyl groups is 1. The van der Waals surface area contributed by atoms with Crippen LogP contribution in [-0.2, 0) is 13.8 Å². The van der Waals surface area contributed by atoms with E-state index in [0.29, 0.717) is 0 Å². The maximum Gasteiger partial charge on any atom is 0.469 e. The zero-order chi connectivity index (χ0) is 14.5. The smallest absolute Gasteiger partial charge is 0.454 e. The first-order valence-electron chi connectivity index (χ1n) is 5.69. The third-order valence-electron chi connectivity index (χ3n) is 3.07. The molecule has 0 saturated carbocycles. The number of aromatic nitrogens is 2. The number of hydrogen-bond acceptors (Lipinski definition) is 7. The lowest BCUT2D eigenvalue weighted by Crippen LogP contribution is -2.35. The molecule has 3 heterocycles. The standard InChI is InChI=1S/C9H12N3O7P/c10-5-1-2-12-8-7(19-9(12)11-5)6(13)4(18-8)3-17-20(14,15)16/h1-2,4,6-8,10,13H,3H2,(H2,14,15,16). The minimum Gasteiger partial charge on any atom is -0.454 e. The molecule has 1 aromatic rings. The van der Waals surface area contributed by atoms with Crippen molar-refractivity contribution in [1.29, 1.82) is 5.41 Å². The highest BCUT2D eigenvalue weighted by atomic mass is 31.2. The molecule has 0 radical (unpaired) electrons. The van der Waals surface area contributed by atoms with Gasteiger partial charge in [-0.05, 0) is 6.07 Å². The van der Waals surface area contributed by atoms with Gasteiger partial charge in [0, 0.05) is 6.20 Å². The Kier molecular flexibility index (Phi) is 3.16. The first-order valence-corrected chi connectivity index (χ1v) is 7.22. The second kappa shape index (κ2) is 4.62. The van der Waals surface area contributed by atoms with Crippen molar-refractivity contribution in [2.75, 3.05) is 6.61 Å². The van der Waals surface area contributed by atoms with E-state index in [9.17, 15) is 9.67 Å². The van der Waals surface area contributed by atoms with Gasteiger partial charge in [0.15, 0.2) is 17.8 Å². The van der Waals surface area contributed by atoms with Gasteiger partial charge in [0.25, 0.3) is 0 Å². The van der Waals surface area contributed by atoms with Crippen LogP contribution in [0.3, 0.4) is 0 Å². The summed E-state index contributed by atoms with van der Waals surface area (Å²) in [5.74, 6) is 0. The Hall–Kier alpha value is -1.29. The largest absolute Gasteiger partial charge is 0.469 e. The number of phosphoric acid groups is 1. The Morgan fingerprint density at radius 3 is 3.00 bits per heavy atom. The summed E-state index contributed by atoms with van der Waals surface area (Å²) >= 11 is 0. The van der Waals surface area contributed by atoms with Gasteiger partial charge in [-0.3, -0.25) is 14.5 Å². The SMILES string of the molecule is N=c1ccn2c(n1)OC1C(O)C(COP(=O)(O)O)OC12. The van der Waals surface area contributed by atoms with Gasteiger partial charge in [-0.15, -0.1) is 0 Å².